The van der Waals surface area contributed by atoms with Crippen molar-refractivity contribution in [1.82, 2.24) is 0 Å². The van der Waals surface area contributed by atoms with Crippen LogP contribution in [-0.4, -0.2) is 11.1 Å². The van der Waals surface area contributed by atoms with Gasteiger partial charge in [-0.25, -0.2) is 4.79 Å². The second-order valence-corrected chi connectivity index (χ2v) is 4.97. The summed E-state index contributed by atoms with van der Waals surface area (Å²) in [6.07, 6.45) is 0. The highest BCUT2D eigenvalue weighted by atomic mass is 79.9. The molecule has 3 nitrogen and oxygen atoms in total. The Morgan fingerprint density at radius 1 is 1.21 bits per heavy atom. The number of aromatic carboxylic acids is 1. The molecule has 0 radical (unpaired) electrons. The molecule has 19 heavy (non-hydrogen) atoms. The fraction of sp³-hybridized carbons (Fsp3) is 0.133. The maximum absolute atomic E-state index is 11.0. The molecule has 0 saturated heterocycles. The number of carbonyl (C=O) groups is 1. The van der Waals surface area contributed by atoms with Gasteiger partial charge in [0, 0.05) is 15.6 Å². The number of ether oxygens (including phenoxy) is 1. The van der Waals surface area contributed by atoms with Crippen LogP contribution in [0.5, 0.6) is 5.75 Å². The molecule has 98 valence electrons. The molecule has 0 saturated carbocycles. The molecular formula is C15H13BrO3. The van der Waals surface area contributed by atoms with E-state index in [1.807, 2.05) is 24.3 Å². The molecule has 1 N–H and O–H groups in total. The lowest BCUT2D eigenvalue weighted by molar-refractivity contribution is 0.0695. The molecule has 0 aromatic heterocycles. The minimum Gasteiger partial charge on any atom is -0.489 e. The molecule has 2 aromatic rings. The van der Waals surface area contributed by atoms with Gasteiger partial charge >= 0.3 is 5.97 Å². The average molecular weight is 321 g/mol. The van der Waals surface area contributed by atoms with Crippen molar-refractivity contribution < 1.29 is 14.6 Å². The van der Waals surface area contributed by atoms with Crippen molar-refractivity contribution in [3.63, 3.8) is 0 Å². The first kappa shape index (κ1) is 13.6. The molecule has 0 fully saturated rings. The standard InChI is InChI=1S/C15H13BrO3/c1-10-12(15(17)18)6-4-8-14(10)19-9-11-5-2-3-7-13(11)16/h2-8H,9H2,1H3,(H,17,18). The molecule has 2 rings (SSSR count). The SMILES string of the molecule is Cc1c(OCc2ccccc2Br)cccc1C(=O)O. The van der Waals surface area contributed by atoms with Crippen LogP contribution in [0.15, 0.2) is 46.9 Å². The molecule has 0 amide bonds. The number of hydrogen-bond acceptors (Lipinski definition) is 2. The first-order valence-corrected chi connectivity index (χ1v) is 6.58. The number of rotatable bonds is 4. The Balaban J connectivity index is 2.19. The van der Waals surface area contributed by atoms with Gasteiger partial charge in [-0.1, -0.05) is 40.2 Å². The van der Waals surface area contributed by atoms with E-state index < -0.39 is 5.97 Å². The fourth-order valence-electron chi connectivity index (χ4n) is 1.77. The third-order valence-electron chi connectivity index (χ3n) is 2.86. The van der Waals surface area contributed by atoms with Crippen molar-refractivity contribution in [2.24, 2.45) is 0 Å². The van der Waals surface area contributed by atoms with Crippen LogP contribution < -0.4 is 4.74 Å². The highest BCUT2D eigenvalue weighted by Crippen LogP contribution is 2.24. The van der Waals surface area contributed by atoms with Crippen LogP contribution in [-0.2, 0) is 6.61 Å². The molecule has 0 heterocycles. The Hall–Kier alpha value is -1.81. The van der Waals surface area contributed by atoms with E-state index in [0.717, 1.165) is 10.0 Å². The van der Waals surface area contributed by atoms with Gasteiger partial charge in [-0.15, -0.1) is 0 Å². The minimum absolute atomic E-state index is 0.268. The molecule has 0 aliphatic rings. The predicted octanol–water partition coefficient (Wildman–Crippen LogP) is 4.03. The van der Waals surface area contributed by atoms with E-state index in [2.05, 4.69) is 15.9 Å². The normalized spacial score (nSPS) is 10.2. The van der Waals surface area contributed by atoms with E-state index in [0.29, 0.717) is 17.9 Å². The van der Waals surface area contributed by atoms with Crippen LogP contribution in [0.2, 0.25) is 0 Å². The van der Waals surface area contributed by atoms with Gasteiger partial charge in [-0.05, 0) is 25.1 Å². The second-order valence-electron chi connectivity index (χ2n) is 4.11. The Labute approximate surface area is 120 Å². The van der Waals surface area contributed by atoms with Crippen LogP contribution in [0.4, 0.5) is 0 Å². The summed E-state index contributed by atoms with van der Waals surface area (Å²) in [6, 6.07) is 12.8. The molecule has 0 aliphatic carbocycles. The summed E-state index contributed by atoms with van der Waals surface area (Å²) in [7, 11) is 0. The highest BCUT2D eigenvalue weighted by molar-refractivity contribution is 9.10. The maximum atomic E-state index is 11.0. The van der Waals surface area contributed by atoms with Gasteiger partial charge < -0.3 is 9.84 Å². The van der Waals surface area contributed by atoms with Gasteiger partial charge in [0.05, 0.1) is 5.56 Å². The van der Waals surface area contributed by atoms with Crippen molar-refractivity contribution in [2.45, 2.75) is 13.5 Å². The lowest BCUT2D eigenvalue weighted by Crippen LogP contribution is -2.03. The van der Waals surface area contributed by atoms with Gasteiger partial charge in [0.25, 0.3) is 0 Å². The van der Waals surface area contributed by atoms with Crippen molar-refractivity contribution in [3.05, 3.63) is 63.6 Å². The molecule has 0 aliphatic heterocycles. The Morgan fingerprint density at radius 3 is 2.63 bits per heavy atom. The first-order chi connectivity index (χ1) is 9.09. The third kappa shape index (κ3) is 3.15. The molecule has 4 heteroatoms. The third-order valence-corrected chi connectivity index (χ3v) is 3.63. The Morgan fingerprint density at radius 2 is 1.95 bits per heavy atom. The molecule has 0 spiro atoms. The van der Waals surface area contributed by atoms with Crippen molar-refractivity contribution in [2.75, 3.05) is 0 Å². The Kier molecular flexibility index (Phi) is 4.22. The van der Waals surface area contributed by atoms with Crippen LogP contribution >= 0.6 is 15.9 Å². The number of benzene rings is 2. The van der Waals surface area contributed by atoms with Crippen molar-refractivity contribution >= 4 is 21.9 Å². The molecule has 0 unspecified atom stereocenters. The van der Waals surface area contributed by atoms with E-state index in [4.69, 9.17) is 9.84 Å². The number of carboxylic acids is 1. The summed E-state index contributed by atoms with van der Waals surface area (Å²) < 4.78 is 6.68. The molecule has 0 bridgehead atoms. The number of halogens is 1. The van der Waals surface area contributed by atoms with Crippen LogP contribution in [0.25, 0.3) is 0 Å². The first-order valence-electron chi connectivity index (χ1n) is 5.78. The highest BCUT2D eigenvalue weighted by Gasteiger charge is 2.11. The Bertz CT molecular complexity index is 608. The summed E-state index contributed by atoms with van der Waals surface area (Å²) in [4.78, 5) is 11.0. The van der Waals surface area contributed by atoms with Crippen LogP contribution in [0, 0.1) is 6.92 Å². The monoisotopic (exact) mass is 320 g/mol. The van der Waals surface area contributed by atoms with E-state index in [1.54, 1.807) is 25.1 Å². The summed E-state index contributed by atoms with van der Waals surface area (Å²) in [5.41, 5.74) is 1.93. The number of carboxylic acid groups (broad SMARTS) is 1. The van der Waals surface area contributed by atoms with E-state index >= 15 is 0 Å². The van der Waals surface area contributed by atoms with Gasteiger partial charge in [0.15, 0.2) is 0 Å². The van der Waals surface area contributed by atoms with Crippen molar-refractivity contribution in [3.8, 4) is 5.75 Å². The van der Waals surface area contributed by atoms with E-state index in [-0.39, 0.29) is 5.56 Å². The lowest BCUT2D eigenvalue weighted by Gasteiger charge is -2.11. The van der Waals surface area contributed by atoms with Gasteiger partial charge in [-0.2, -0.15) is 0 Å². The van der Waals surface area contributed by atoms with Crippen LogP contribution in [0.3, 0.4) is 0 Å². The molecular weight excluding hydrogens is 308 g/mol. The average Bonchev–Trinajstić information content (AvgIpc) is 2.39. The maximum Gasteiger partial charge on any atom is 0.336 e. The number of hydrogen-bond donors (Lipinski definition) is 1. The topological polar surface area (TPSA) is 46.5 Å². The van der Waals surface area contributed by atoms with Gasteiger partial charge in [0.1, 0.15) is 12.4 Å². The van der Waals surface area contributed by atoms with E-state index in [9.17, 15) is 4.79 Å². The second kappa shape index (κ2) is 5.89. The predicted molar refractivity (Wildman–Crippen MR) is 76.6 cm³/mol. The lowest BCUT2D eigenvalue weighted by atomic mass is 10.1. The molecule has 0 atom stereocenters. The zero-order valence-electron chi connectivity index (χ0n) is 10.4. The zero-order valence-corrected chi connectivity index (χ0v) is 12.0. The quantitative estimate of drug-likeness (QED) is 0.924. The van der Waals surface area contributed by atoms with Gasteiger partial charge in [0.2, 0.25) is 0 Å². The molecule has 2 aromatic carbocycles. The summed E-state index contributed by atoms with van der Waals surface area (Å²) in [5, 5.41) is 9.06. The van der Waals surface area contributed by atoms with Crippen molar-refractivity contribution in [1.29, 1.82) is 0 Å². The summed E-state index contributed by atoms with van der Waals surface area (Å²) >= 11 is 3.45. The summed E-state index contributed by atoms with van der Waals surface area (Å²) in [6.45, 7) is 2.14. The summed E-state index contributed by atoms with van der Waals surface area (Å²) in [5.74, 6) is -0.348. The van der Waals surface area contributed by atoms with Gasteiger partial charge in [-0.3, -0.25) is 0 Å². The largest absolute Gasteiger partial charge is 0.489 e. The zero-order chi connectivity index (χ0) is 13.8. The van der Waals surface area contributed by atoms with Crippen LogP contribution in [0.1, 0.15) is 21.5 Å². The fourth-order valence-corrected chi connectivity index (χ4v) is 2.17. The van der Waals surface area contributed by atoms with E-state index in [1.165, 1.54) is 0 Å². The smallest absolute Gasteiger partial charge is 0.336 e. The minimum atomic E-state index is -0.941.